The number of rotatable bonds is 8. The summed E-state index contributed by atoms with van der Waals surface area (Å²) in [7, 11) is 0. The highest BCUT2D eigenvalue weighted by Gasteiger charge is 2.17. The second-order valence-electron chi connectivity index (χ2n) is 8.96. The molecule has 0 fully saturated rings. The Balaban J connectivity index is 1.26. The fraction of sp³-hybridized carbons (Fsp3) is 0.250. The molecule has 0 saturated heterocycles. The number of amides is 1. The van der Waals surface area contributed by atoms with Crippen LogP contribution < -0.4 is 10.9 Å². The number of halogens is 3. The van der Waals surface area contributed by atoms with Gasteiger partial charge in [-0.1, -0.05) is 23.9 Å². The largest absolute Gasteiger partial charge is 0.326 e. The van der Waals surface area contributed by atoms with Crippen LogP contribution in [0.3, 0.4) is 0 Å². The summed E-state index contributed by atoms with van der Waals surface area (Å²) in [6.45, 7) is 0. The molecule has 0 bridgehead atoms. The van der Waals surface area contributed by atoms with E-state index in [1.165, 1.54) is 57.8 Å². The third-order valence-corrected chi connectivity index (χ3v) is 8.02. The maximum atomic E-state index is 14.5. The van der Waals surface area contributed by atoms with Crippen molar-refractivity contribution in [1.29, 1.82) is 0 Å². The Kier molecular flexibility index (Phi) is 7.71. The molecule has 5 nitrogen and oxygen atoms in total. The van der Waals surface area contributed by atoms with Crippen LogP contribution in [0.2, 0.25) is 0 Å². The maximum Gasteiger partial charge on any atom is 0.269 e. The number of hydrogen-bond acceptors (Lipinski definition) is 4. The number of aryl methyl sites for hydroxylation is 2. The number of carbonyl (C=O) groups is 1. The lowest BCUT2D eigenvalue weighted by Gasteiger charge is -2.14. The Morgan fingerprint density at radius 2 is 1.86 bits per heavy atom. The van der Waals surface area contributed by atoms with Crippen molar-refractivity contribution in [3.8, 4) is 5.69 Å². The Bertz CT molecular complexity index is 1560. The molecule has 37 heavy (non-hydrogen) atoms. The van der Waals surface area contributed by atoms with Crippen molar-refractivity contribution in [2.45, 2.75) is 43.7 Å². The highest BCUT2D eigenvalue weighted by molar-refractivity contribution is 9.10. The van der Waals surface area contributed by atoms with Crippen molar-refractivity contribution in [3.63, 3.8) is 0 Å². The SMILES string of the molecule is O=C(CCCCSc1nc2cccc(F)c2c(=O)n1-c1ccc(F)c(Br)c1)Nc1ccc2c(c1)CCC2. The summed E-state index contributed by atoms with van der Waals surface area (Å²) >= 11 is 4.50. The van der Waals surface area contributed by atoms with Gasteiger partial charge in [0.25, 0.3) is 5.56 Å². The first-order valence-electron chi connectivity index (χ1n) is 12.1. The molecule has 9 heteroatoms. The van der Waals surface area contributed by atoms with E-state index in [4.69, 9.17) is 0 Å². The van der Waals surface area contributed by atoms with Crippen LogP contribution in [0.25, 0.3) is 16.6 Å². The first kappa shape index (κ1) is 25.6. The van der Waals surface area contributed by atoms with Crippen molar-refractivity contribution in [3.05, 3.63) is 92.2 Å². The summed E-state index contributed by atoms with van der Waals surface area (Å²) in [6.07, 6.45) is 5.09. The fourth-order valence-electron chi connectivity index (χ4n) is 4.54. The average molecular weight is 584 g/mol. The Morgan fingerprint density at radius 3 is 2.70 bits per heavy atom. The van der Waals surface area contributed by atoms with Crippen molar-refractivity contribution in [2.24, 2.45) is 0 Å². The van der Waals surface area contributed by atoms with Gasteiger partial charge in [-0.2, -0.15) is 0 Å². The molecule has 1 aliphatic carbocycles. The van der Waals surface area contributed by atoms with E-state index in [1.807, 2.05) is 6.07 Å². The number of fused-ring (bicyclic) bond motifs is 2. The predicted octanol–water partition coefficient (Wildman–Crippen LogP) is 6.82. The summed E-state index contributed by atoms with van der Waals surface area (Å²) in [5, 5.41) is 3.24. The average Bonchev–Trinajstić information content (AvgIpc) is 3.34. The minimum atomic E-state index is -0.657. The number of aromatic nitrogens is 2. The quantitative estimate of drug-likeness (QED) is 0.140. The zero-order valence-corrected chi connectivity index (χ0v) is 22.3. The van der Waals surface area contributed by atoms with Gasteiger partial charge in [-0.15, -0.1) is 0 Å². The van der Waals surface area contributed by atoms with Crippen LogP contribution in [-0.2, 0) is 17.6 Å². The molecule has 0 aliphatic heterocycles. The number of nitrogens with one attached hydrogen (secondary N) is 1. The van der Waals surface area contributed by atoms with Crippen LogP contribution in [-0.4, -0.2) is 21.2 Å². The third kappa shape index (κ3) is 5.62. The number of thioether (sulfide) groups is 1. The minimum absolute atomic E-state index is 0.0321. The van der Waals surface area contributed by atoms with Gasteiger partial charge in [-0.05, 0) is 102 Å². The molecule has 1 heterocycles. The molecule has 0 saturated carbocycles. The molecule has 1 aliphatic rings. The predicted molar refractivity (Wildman–Crippen MR) is 147 cm³/mol. The van der Waals surface area contributed by atoms with Crippen molar-refractivity contribution in [1.82, 2.24) is 9.55 Å². The molecule has 3 aromatic carbocycles. The molecular weight excluding hydrogens is 560 g/mol. The van der Waals surface area contributed by atoms with E-state index in [9.17, 15) is 18.4 Å². The fourth-order valence-corrected chi connectivity index (χ4v) is 5.92. The molecular formula is C28H24BrF2N3O2S. The first-order valence-corrected chi connectivity index (χ1v) is 13.9. The van der Waals surface area contributed by atoms with Gasteiger partial charge in [0, 0.05) is 17.9 Å². The topological polar surface area (TPSA) is 64.0 Å². The lowest BCUT2D eigenvalue weighted by atomic mass is 10.1. The molecule has 0 atom stereocenters. The van der Waals surface area contributed by atoms with E-state index in [-0.39, 0.29) is 21.3 Å². The Labute approximate surface area is 225 Å². The molecule has 4 aromatic rings. The lowest BCUT2D eigenvalue weighted by Crippen LogP contribution is -2.22. The molecule has 1 N–H and O–H groups in total. The molecule has 5 rings (SSSR count). The number of carbonyl (C=O) groups excluding carboxylic acids is 1. The highest BCUT2D eigenvalue weighted by atomic mass is 79.9. The van der Waals surface area contributed by atoms with Gasteiger partial charge in [0.05, 0.1) is 15.7 Å². The van der Waals surface area contributed by atoms with Gasteiger partial charge < -0.3 is 5.32 Å². The van der Waals surface area contributed by atoms with E-state index in [0.717, 1.165) is 24.9 Å². The van der Waals surface area contributed by atoms with Gasteiger partial charge >= 0.3 is 0 Å². The molecule has 1 amide bonds. The van der Waals surface area contributed by atoms with E-state index < -0.39 is 17.2 Å². The monoisotopic (exact) mass is 583 g/mol. The number of hydrogen-bond donors (Lipinski definition) is 1. The van der Waals surface area contributed by atoms with E-state index >= 15 is 0 Å². The Morgan fingerprint density at radius 1 is 1.03 bits per heavy atom. The zero-order chi connectivity index (χ0) is 25.9. The summed E-state index contributed by atoms with van der Waals surface area (Å²) in [5.41, 5.74) is 3.61. The second-order valence-corrected chi connectivity index (χ2v) is 10.9. The van der Waals surface area contributed by atoms with Gasteiger partial charge in [0.1, 0.15) is 17.0 Å². The standard InChI is InChI=1S/C28H24BrF2N3O2S/c29-21-16-20(12-13-22(21)30)34-27(36)26-23(31)7-4-8-24(26)33-28(34)37-14-2-1-9-25(35)32-19-11-10-17-5-3-6-18(17)15-19/h4,7-8,10-13,15-16H,1-3,5-6,9,14H2,(H,32,35). The first-order chi connectivity index (χ1) is 17.9. The van der Waals surface area contributed by atoms with Crippen LogP contribution >= 0.6 is 27.7 Å². The normalized spacial score (nSPS) is 12.6. The number of nitrogens with zero attached hydrogens (tertiary/aromatic N) is 2. The molecule has 1 aromatic heterocycles. The lowest BCUT2D eigenvalue weighted by molar-refractivity contribution is -0.116. The van der Waals surface area contributed by atoms with E-state index in [2.05, 4.69) is 38.4 Å². The van der Waals surface area contributed by atoms with Crippen LogP contribution in [0.5, 0.6) is 0 Å². The zero-order valence-electron chi connectivity index (χ0n) is 19.9. The van der Waals surface area contributed by atoms with Crippen LogP contribution in [0, 0.1) is 11.6 Å². The van der Waals surface area contributed by atoms with Gasteiger partial charge in [-0.3, -0.25) is 14.2 Å². The van der Waals surface area contributed by atoms with Crippen LogP contribution in [0.1, 0.15) is 36.8 Å². The molecule has 190 valence electrons. The third-order valence-electron chi connectivity index (χ3n) is 6.39. The molecule has 0 unspecified atom stereocenters. The number of anilines is 1. The van der Waals surface area contributed by atoms with Crippen LogP contribution in [0.15, 0.2) is 69.0 Å². The van der Waals surface area contributed by atoms with Gasteiger partial charge in [-0.25, -0.2) is 13.8 Å². The van der Waals surface area contributed by atoms with Crippen molar-refractivity contribution in [2.75, 3.05) is 11.1 Å². The van der Waals surface area contributed by atoms with Crippen LogP contribution in [0.4, 0.5) is 14.5 Å². The summed E-state index contributed by atoms with van der Waals surface area (Å²) in [4.78, 5) is 30.3. The van der Waals surface area contributed by atoms with Crippen molar-refractivity contribution >= 4 is 50.2 Å². The van der Waals surface area contributed by atoms with Gasteiger partial charge in [0.15, 0.2) is 5.16 Å². The maximum absolute atomic E-state index is 14.5. The molecule has 0 radical (unpaired) electrons. The number of unbranched alkanes of at least 4 members (excludes halogenated alkanes) is 1. The number of benzene rings is 3. The summed E-state index contributed by atoms with van der Waals surface area (Å²) in [6, 6.07) is 14.6. The van der Waals surface area contributed by atoms with Crippen molar-refractivity contribution < 1.29 is 13.6 Å². The van der Waals surface area contributed by atoms with E-state index in [1.54, 1.807) is 6.07 Å². The highest BCUT2D eigenvalue weighted by Crippen LogP contribution is 2.27. The Hall–Kier alpha value is -3.04. The summed E-state index contributed by atoms with van der Waals surface area (Å²) in [5.74, 6) is -0.558. The smallest absolute Gasteiger partial charge is 0.269 e. The second kappa shape index (κ2) is 11.1. The van der Waals surface area contributed by atoms with Gasteiger partial charge in [0.2, 0.25) is 5.91 Å². The summed E-state index contributed by atoms with van der Waals surface area (Å²) < 4.78 is 29.8. The van der Waals surface area contributed by atoms with E-state index in [0.29, 0.717) is 35.9 Å². The minimum Gasteiger partial charge on any atom is -0.326 e. The molecule has 0 spiro atoms.